The number of rotatable bonds is 4. The first-order valence-electron chi connectivity index (χ1n) is 5.36. The summed E-state index contributed by atoms with van der Waals surface area (Å²) >= 11 is 0. The number of hydrogen-bond donors (Lipinski definition) is 1. The second-order valence-electron chi connectivity index (χ2n) is 3.54. The molecule has 18 heavy (non-hydrogen) atoms. The van der Waals surface area contributed by atoms with Gasteiger partial charge in [0.1, 0.15) is 0 Å². The van der Waals surface area contributed by atoms with Gasteiger partial charge in [0.05, 0.1) is 11.0 Å². The Labute approximate surface area is 104 Å². The summed E-state index contributed by atoms with van der Waals surface area (Å²) in [6.45, 7) is 0. The molecule has 0 aliphatic carbocycles. The predicted molar refractivity (Wildman–Crippen MR) is 68.6 cm³/mol. The Morgan fingerprint density at radius 2 is 1.50 bits per heavy atom. The lowest BCUT2D eigenvalue weighted by Gasteiger charge is -2.15. The number of carbonyl (C=O) groups excluding carboxylic acids is 1. The largest absolute Gasteiger partial charge is 0.271 e. The topological polar surface area (TPSA) is 61.8 Å². The molecule has 0 aliphatic rings. The normalized spacial score (nSPS) is 9.56. The van der Waals surface area contributed by atoms with Crippen molar-refractivity contribution >= 4 is 11.6 Å². The SMILES string of the molecule is O=NN(NC(=O)c1ccccc1)c1ccccc1. The van der Waals surface area contributed by atoms with E-state index in [0.717, 1.165) is 5.12 Å². The highest BCUT2D eigenvalue weighted by molar-refractivity contribution is 5.94. The van der Waals surface area contributed by atoms with Gasteiger partial charge in [-0.15, -0.1) is 10.0 Å². The van der Waals surface area contributed by atoms with Crippen molar-refractivity contribution in [2.24, 2.45) is 5.29 Å². The van der Waals surface area contributed by atoms with Gasteiger partial charge in [0, 0.05) is 5.56 Å². The summed E-state index contributed by atoms with van der Waals surface area (Å²) in [5, 5.41) is 3.67. The molecule has 1 N–H and O–H groups in total. The number of nitroso groups, excluding NO2 is 1. The molecule has 2 aromatic carbocycles. The molecule has 2 aromatic rings. The summed E-state index contributed by atoms with van der Waals surface area (Å²) in [4.78, 5) is 22.6. The standard InChI is InChI=1S/C13H11N3O2/c17-13(11-7-3-1-4-8-11)14-16(15-18)12-9-5-2-6-10-12/h1-10H,(H,14,17). The van der Waals surface area contributed by atoms with Crippen LogP contribution in [0.1, 0.15) is 10.4 Å². The number of amides is 1. The quantitative estimate of drug-likeness (QED) is 0.660. The Hall–Kier alpha value is -2.69. The molecule has 0 unspecified atom stereocenters. The van der Waals surface area contributed by atoms with Crippen LogP contribution in [0.25, 0.3) is 0 Å². The van der Waals surface area contributed by atoms with E-state index in [1.54, 1.807) is 48.5 Å². The van der Waals surface area contributed by atoms with Crippen LogP contribution in [-0.2, 0) is 0 Å². The molecule has 0 bridgehead atoms. The molecule has 0 atom stereocenters. The first-order valence-corrected chi connectivity index (χ1v) is 5.36. The maximum Gasteiger partial charge on any atom is 0.271 e. The van der Waals surface area contributed by atoms with E-state index in [0.29, 0.717) is 11.3 Å². The summed E-state index contributed by atoms with van der Waals surface area (Å²) in [6, 6.07) is 17.3. The van der Waals surface area contributed by atoms with E-state index in [1.165, 1.54) is 0 Å². The summed E-state index contributed by atoms with van der Waals surface area (Å²) in [5.41, 5.74) is 3.37. The molecule has 0 heterocycles. The molecule has 0 saturated heterocycles. The van der Waals surface area contributed by atoms with Crippen LogP contribution < -0.4 is 10.5 Å². The monoisotopic (exact) mass is 241 g/mol. The molecular weight excluding hydrogens is 230 g/mol. The fraction of sp³-hybridized carbons (Fsp3) is 0. The predicted octanol–water partition coefficient (Wildman–Crippen LogP) is 2.52. The van der Waals surface area contributed by atoms with Crippen LogP contribution in [-0.4, -0.2) is 5.91 Å². The average molecular weight is 241 g/mol. The van der Waals surface area contributed by atoms with Gasteiger partial charge in [-0.1, -0.05) is 36.4 Å². The van der Waals surface area contributed by atoms with Gasteiger partial charge in [0.25, 0.3) is 5.91 Å². The van der Waals surface area contributed by atoms with Crippen molar-refractivity contribution in [3.05, 3.63) is 71.1 Å². The molecule has 0 fully saturated rings. The second-order valence-corrected chi connectivity index (χ2v) is 3.54. The number of hydrogen-bond acceptors (Lipinski definition) is 3. The molecule has 5 nitrogen and oxygen atoms in total. The van der Waals surface area contributed by atoms with Crippen molar-refractivity contribution in [1.82, 2.24) is 5.43 Å². The molecular formula is C13H11N3O2. The number of hydrazine groups is 1. The van der Waals surface area contributed by atoms with Gasteiger partial charge < -0.3 is 0 Å². The van der Waals surface area contributed by atoms with Crippen molar-refractivity contribution in [3.63, 3.8) is 0 Å². The second kappa shape index (κ2) is 5.58. The molecule has 90 valence electrons. The molecule has 0 aromatic heterocycles. The first-order chi connectivity index (χ1) is 8.81. The zero-order chi connectivity index (χ0) is 12.8. The van der Waals surface area contributed by atoms with Gasteiger partial charge in [-0.25, -0.2) is 5.43 Å². The van der Waals surface area contributed by atoms with Crippen molar-refractivity contribution in [2.45, 2.75) is 0 Å². The van der Waals surface area contributed by atoms with E-state index in [2.05, 4.69) is 10.7 Å². The lowest BCUT2D eigenvalue weighted by Crippen LogP contribution is -2.38. The minimum Gasteiger partial charge on any atom is -0.267 e. The van der Waals surface area contributed by atoms with E-state index in [9.17, 15) is 9.70 Å². The average Bonchev–Trinajstić information content (AvgIpc) is 2.46. The lowest BCUT2D eigenvalue weighted by atomic mass is 10.2. The molecule has 0 aliphatic heterocycles. The third kappa shape index (κ3) is 2.70. The molecule has 2 rings (SSSR count). The van der Waals surface area contributed by atoms with Gasteiger partial charge in [0.15, 0.2) is 0 Å². The van der Waals surface area contributed by atoms with Crippen molar-refractivity contribution in [3.8, 4) is 0 Å². The van der Waals surface area contributed by atoms with E-state index >= 15 is 0 Å². The third-order valence-corrected chi connectivity index (χ3v) is 2.33. The third-order valence-electron chi connectivity index (χ3n) is 2.33. The van der Waals surface area contributed by atoms with Gasteiger partial charge in [0.2, 0.25) is 0 Å². The molecule has 0 saturated carbocycles. The van der Waals surface area contributed by atoms with Crippen molar-refractivity contribution in [2.75, 3.05) is 5.12 Å². The number of para-hydroxylation sites is 1. The van der Waals surface area contributed by atoms with Crippen molar-refractivity contribution < 1.29 is 4.79 Å². The van der Waals surface area contributed by atoms with Crippen molar-refractivity contribution in [1.29, 1.82) is 0 Å². The van der Waals surface area contributed by atoms with Crippen LogP contribution in [0.4, 0.5) is 5.69 Å². The van der Waals surface area contributed by atoms with E-state index in [1.807, 2.05) is 12.1 Å². The Bertz CT molecular complexity index is 528. The van der Waals surface area contributed by atoms with E-state index in [4.69, 9.17) is 0 Å². The smallest absolute Gasteiger partial charge is 0.267 e. The van der Waals surface area contributed by atoms with Crippen LogP contribution in [0.2, 0.25) is 0 Å². The molecule has 0 radical (unpaired) electrons. The minimum absolute atomic E-state index is 0.390. The summed E-state index contributed by atoms with van der Waals surface area (Å²) < 4.78 is 0. The number of benzene rings is 2. The van der Waals surface area contributed by atoms with Crippen LogP contribution in [0.15, 0.2) is 65.9 Å². The highest BCUT2D eigenvalue weighted by Crippen LogP contribution is 2.11. The Kier molecular flexibility index (Phi) is 3.66. The number of nitrogens with one attached hydrogen (secondary N) is 1. The highest BCUT2D eigenvalue weighted by Gasteiger charge is 2.11. The highest BCUT2D eigenvalue weighted by atomic mass is 16.3. The van der Waals surface area contributed by atoms with Gasteiger partial charge in [-0.05, 0) is 24.3 Å². The first kappa shape index (κ1) is 11.8. The number of carbonyl (C=O) groups is 1. The van der Waals surface area contributed by atoms with Gasteiger partial charge >= 0.3 is 0 Å². The minimum atomic E-state index is -0.390. The fourth-order valence-electron chi connectivity index (χ4n) is 1.45. The van der Waals surface area contributed by atoms with E-state index < -0.39 is 0 Å². The Morgan fingerprint density at radius 1 is 0.944 bits per heavy atom. The van der Waals surface area contributed by atoms with Crippen LogP contribution in [0.3, 0.4) is 0 Å². The van der Waals surface area contributed by atoms with Gasteiger partial charge in [-0.2, -0.15) is 0 Å². The number of anilines is 1. The fourth-order valence-corrected chi connectivity index (χ4v) is 1.45. The number of nitrogens with zero attached hydrogens (tertiary/aromatic N) is 2. The Balaban J connectivity index is 2.13. The summed E-state index contributed by atoms with van der Waals surface area (Å²) in [7, 11) is 0. The van der Waals surface area contributed by atoms with Crippen LogP contribution in [0, 0.1) is 4.91 Å². The van der Waals surface area contributed by atoms with E-state index in [-0.39, 0.29) is 5.91 Å². The maximum absolute atomic E-state index is 11.8. The zero-order valence-electron chi connectivity index (χ0n) is 9.48. The zero-order valence-corrected chi connectivity index (χ0v) is 9.48. The lowest BCUT2D eigenvalue weighted by molar-refractivity contribution is 0.0949. The summed E-state index contributed by atoms with van der Waals surface area (Å²) in [5.74, 6) is -0.390. The van der Waals surface area contributed by atoms with Gasteiger partial charge in [-0.3, -0.25) is 4.79 Å². The summed E-state index contributed by atoms with van der Waals surface area (Å²) in [6.07, 6.45) is 0. The molecule has 1 amide bonds. The maximum atomic E-state index is 11.8. The van der Waals surface area contributed by atoms with Crippen LogP contribution >= 0.6 is 0 Å². The molecule has 5 heteroatoms. The van der Waals surface area contributed by atoms with Crippen LogP contribution in [0.5, 0.6) is 0 Å². The Morgan fingerprint density at radius 3 is 2.06 bits per heavy atom. The molecule has 0 spiro atoms.